The number of hydrogen-bond acceptors (Lipinski definition) is 2. The van der Waals surface area contributed by atoms with Crippen LogP contribution in [0, 0.1) is 31.5 Å². The van der Waals surface area contributed by atoms with Crippen LogP contribution in [0.3, 0.4) is 0 Å². The van der Waals surface area contributed by atoms with Gasteiger partial charge in [0.05, 0.1) is 6.61 Å². The van der Waals surface area contributed by atoms with E-state index in [4.69, 9.17) is 4.74 Å². The van der Waals surface area contributed by atoms with Crippen molar-refractivity contribution in [1.82, 2.24) is 0 Å². The third-order valence-electron chi connectivity index (χ3n) is 2.25. The van der Waals surface area contributed by atoms with Gasteiger partial charge in [0.1, 0.15) is 12.2 Å². The van der Waals surface area contributed by atoms with Crippen molar-refractivity contribution in [2.24, 2.45) is 0 Å². The molecule has 0 aromatic heterocycles. The monoisotopic (exact) mass is 234 g/mol. The van der Waals surface area contributed by atoms with E-state index in [0.717, 1.165) is 16.7 Å². The summed E-state index contributed by atoms with van der Waals surface area (Å²) < 4.78 is 17.8. The van der Waals surface area contributed by atoms with E-state index in [0.29, 0.717) is 6.61 Å². The molecule has 90 valence electrons. The lowest BCUT2D eigenvalue weighted by molar-refractivity contribution is -0.141. The Morgan fingerprint density at radius 1 is 1.35 bits per heavy atom. The highest BCUT2D eigenvalue weighted by Gasteiger charge is 2.02. The molecule has 1 aromatic rings. The second kappa shape index (κ2) is 6.05. The summed E-state index contributed by atoms with van der Waals surface area (Å²) in [4.78, 5) is 11.1. The SMILES string of the molecule is CCOC(=O)CC#Cc1c(C)cc(F)cc1C. The van der Waals surface area contributed by atoms with Crippen LogP contribution in [0.5, 0.6) is 0 Å². The lowest BCUT2D eigenvalue weighted by Gasteiger charge is -2.02. The average molecular weight is 234 g/mol. The number of rotatable bonds is 2. The van der Waals surface area contributed by atoms with Crippen molar-refractivity contribution in [3.05, 3.63) is 34.6 Å². The molecular weight excluding hydrogens is 219 g/mol. The largest absolute Gasteiger partial charge is 0.465 e. The average Bonchev–Trinajstić information content (AvgIpc) is 2.22. The maximum absolute atomic E-state index is 13.0. The lowest BCUT2D eigenvalue weighted by Crippen LogP contribution is -2.01. The molecule has 0 atom stereocenters. The molecule has 0 bridgehead atoms. The van der Waals surface area contributed by atoms with Crippen LogP contribution in [-0.2, 0) is 9.53 Å². The van der Waals surface area contributed by atoms with E-state index in [-0.39, 0.29) is 18.2 Å². The Labute approximate surface area is 101 Å². The van der Waals surface area contributed by atoms with Gasteiger partial charge < -0.3 is 4.74 Å². The Balaban J connectivity index is 2.82. The van der Waals surface area contributed by atoms with Crippen molar-refractivity contribution in [2.45, 2.75) is 27.2 Å². The van der Waals surface area contributed by atoms with Gasteiger partial charge in [-0.3, -0.25) is 4.79 Å². The minimum atomic E-state index is -0.336. The zero-order valence-corrected chi connectivity index (χ0v) is 10.3. The van der Waals surface area contributed by atoms with Crippen molar-refractivity contribution in [1.29, 1.82) is 0 Å². The van der Waals surface area contributed by atoms with Gasteiger partial charge in [-0.2, -0.15) is 0 Å². The Hall–Kier alpha value is -1.82. The number of halogens is 1. The van der Waals surface area contributed by atoms with Crippen molar-refractivity contribution >= 4 is 5.97 Å². The van der Waals surface area contributed by atoms with Gasteiger partial charge in [-0.05, 0) is 44.0 Å². The molecule has 0 spiro atoms. The maximum atomic E-state index is 13.0. The number of carbonyl (C=O) groups is 1. The molecule has 0 aliphatic carbocycles. The Morgan fingerprint density at radius 2 is 1.94 bits per heavy atom. The summed E-state index contributed by atoms with van der Waals surface area (Å²) >= 11 is 0. The van der Waals surface area contributed by atoms with Crippen molar-refractivity contribution in [2.75, 3.05) is 6.61 Å². The zero-order valence-electron chi connectivity index (χ0n) is 10.3. The van der Waals surface area contributed by atoms with Crippen LogP contribution in [0.15, 0.2) is 12.1 Å². The highest BCUT2D eigenvalue weighted by Crippen LogP contribution is 2.14. The predicted octanol–water partition coefficient (Wildman–Crippen LogP) is 2.75. The molecular formula is C14H15FO2. The summed E-state index contributed by atoms with van der Waals surface area (Å²) in [5.41, 5.74) is 2.33. The van der Waals surface area contributed by atoms with Crippen LogP contribution in [0.25, 0.3) is 0 Å². The normalized spacial score (nSPS) is 9.41. The smallest absolute Gasteiger partial charge is 0.317 e. The third kappa shape index (κ3) is 3.92. The number of esters is 1. The number of carbonyl (C=O) groups excluding carboxylic acids is 1. The van der Waals surface area contributed by atoms with Crippen molar-refractivity contribution in [3.63, 3.8) is 0 Å². The van der Waals surface area contributed by atoms with Gasteiger partial charge in [0.15, 0.2) is 0 Å². The molecule has 0 saturated carbocycles. The van der Waals surface area contributed by atoms with Gasteiger partial charge in [-0.1, -0.05) is 11.8 Å². The van der Waals surface area contributed by atoms with Gasteiger partial charge >= 0.3 is 5.97 Å². The molecule has 1 rings (SSSR count). The van der Waals surface area contributed by atoms with Crippen LogP contribution in [0.4, 0.5) is 4.39 Å². The number of aryl methyl sites for hydroxylation is 2. The first-order valence-corrected chi connectivity index (χ1v) is 5.45. The Kier molecular flexibility index (Phi) is 4.71. The molecule has 0 radical (unpaired) electrons. The zero-order chi connectivity index (χ0) is 12.8. The van der Waals surface area contributed by atoms with Gasteiger partial charge in [-0.25, -0.2) is 4.39 Å². The topological polar surface area (TPSA) is 26.3 Å². The van der Waals surface area contributed by atoms with E-state index < -0.39 is 0 Å². The molecule has 0 fully saturated rings. The first kappa shape index (κ1) is 13.2. The summed E-state index contributed by atoms with van der Waals surface area (Å²) in [6, 6.07) is 2.86. The molecule has 3 heteroatoms. The minimum absolute atomic E-state index is 0.0596. The summed E-state index contributed by atoms with van der Waals surface area (Å²) in [5.74, 6) is 5.02. The van der Waals surface area contributed by atoms with Crippen LogP contribution < -0.4 is 0 Å². The van der Waals surface area contributed by atoms with Gasteiger partial charge in [0.2, 0.25) is 0 Å². The van der Waals surface area contributed by atoms with Crippen molar-refractivity contribution in [3.8, 4) is 11.8 Å². The standard InChI is InChI=1S/C14H15FO2/c1-4-17-14(16)7-5-6-13-10(2)8-12(15)9-11(13)3/h8-9H,4,7H2,1-3H3. The maximum Gasteiger partial charge on any atom is 0.317 e. The number of ether oxygens (including phenoxy) is 1. The van der Waals surface area contributed by atoms with E-state index in [1.54, 1.807) is 20.8 Å². The van der Waals surface area contributed by atoms with Gasteiger partial charge in [0.25, 0.3) is 0 Å². The van der Waals surface area contributed by atoms with Crippen LogP contribution in [-0.4, -0.2) is 12.6 Å². The van der Waals surface area contributed by atoms with Crippen LogP contribution >= 0.6 is 0 Å². The fourth-order valence-corrected chi connectivity index (χ4v) is 1.52. The molecule has 2 nitrogen and oxygen atoms in total. The molecule has 0 N–H and O–H groups in total. The highest BCUT2D eigenvalue weighted by molar-refractivity contribution is 5.72. The minimum Gasteiger partial charge on any atom is -0.465 e. The Morgan fingerprint density at radius 3 is 2.47 bits per heavy atom. The second-order valence-corrected chi connectivity index (χ2v) is 3.70. The molecule has 0 amide bonds. The summed E-state index contributed by atoms with van der Waals surface area (Å²) in [7, 11) is 0. The van der Waals surface area contributed by atoms with Gasteiger partial charge in [0, 0.05) is 5.56 Å². The molecule has 17 heavy (non-hydrogen) atoms. The van der Waals surface area contributed by atoms with E-state index in [9.17, 15) is 9.18 Å². The summed E-state index contributed by atoms with van der Waals surface area (Å²) in [6.07, 6.45) is 0.0596. The molecule has 1 aromatic carbocycles. The van der Waals surface area contributed by atoms with Crippen molar-refractivity contribution < 1.29 is 13.9 Å². The van der Waals surface area contributed by atoms with Crippen LogP contribution in [0.1, 0.15) is 30.0 Å². The first-order valence-electron chi connectivity index (χ1n) is 5.45. The fourth-order valence-electron chi connectivity index (χ4n) is 1.52. The van der Waals surface area contributed by atoms with Crippen LogP contribution in [0.2, 0.25) is 0 Å². The molecule has 0 unspecified atom stereocenters. The number of hydrogen-bond donors (Lipinski definition) is 0. The molecule has 0 saturated heterocycles. The number of benzene rings is 1. The third-order valence-corrected chi connectivity index (χ3v) is 2.25. The molecule has 0 aliphatic heterocycles. The molecule has 0 aliphatic rings. The lowest BCUT2D eigenvalue weighted by atomic mass is 10.0. The fraction of sp³-hybridized carbons (Fsp3) is 0.357. The van der Waals surface area contributed by atoms with E-state index in [2.05, 4.69) is 11.8 Å². The quantitative estimate of drug-likeness (QED) is 0.581. The van der Waals surface area contributed by atoms with E-state index in [1.165, 1.54) is 12.1 Å². The first-order chi connectivity index (χ1) is 8.04. The second-order valence-electron chi connectivity index (χ2n) is 3.70. The predicted molar refractivity (Wildman–Crippen MR) is 64.0 cm³/mol. The summed E-state index contributed by atoms with van der Waals surface area (Å²) in [6.45, 7) is 5.70. The highest BCUT2D eigenvalue weighted by atomic mass is 19.1. The van der Waals surface area contributed by atoms with E-state index >= 15 is 0 Å². The summed E-state index contributed by atoms with van der Waals surface area (Å²) in [5, 5.41) is 0. The van der Waals surface area contributed by atoms with Gasteiger partial charge in [-0.15, -0.1) is 0 Å². The Bertz CT molecular complexity index is 458. The molecule has 0 heterocycles. The van der Waals surface area contributed by atoms with E-state index in [1.807, 2.05) is 0 Å².